The summed E-state index contributed by atoms with van der Waals surface area (Å²) in [4.78, 5) is 37.9. The van der Waals surface area contributed by atoms with Gasteiger partial charge in [-0.25, -0.2) is 4.98 Å². The fourth-order valence-electron chi connectivity index (χ4n) is 4.52. The molecule has 1 aliphatic heterocycles. The van der Waals surface area contributed by atoms with Gasteiger partial charge in [0.2, 0.25) is 5.91 Å². The second-order valence-electron chi connectivity index (χ2n) is 8.27. The van der Waals surface area contributed by atoms with Crippen LogP contribution in [0.25, 0.3) is 22.2 Å². The van der Waals surface area contributed by atoms with Crippen LogP contribution in [-0.2, 0) is 11.2 Å². The van der Waals surface area contributed by atoms with E-state index in [9.17, 15) is 9.59 Å². The number of hydrogen-bond donors (Lipinski definition) is 3. The van der Waals surface area contributed by atoms with Crippen molar-refractivity contribution in [1.82, 2.24) is 19.9 Å². The van der Waals surface area contributed by atoms with Gasteiger partial charge in [-0.1, -0.05) is 48.5 Å². The Hall–Kier alpha value is -3.87. The summed E-state index contributed by atoms with van der Waals surface area (Å²) in [5, 5.41) is 1.10. The third-order valence-corrected chi connectivity index (χ3v) is 6.27. The number of carbonyl (C=O) groups excluding carboxylic acids is 2. The number of aromatic amines is 2. The van der Waals surface area contributed by atoms with E-state index in [1.165, 1.54) is 0 Å². The highest BCUT2D eigenvalue weighted by Gasteiger charge is 2.28. The van der Waals surface area contributed by atoms with Crippen molar-refractivity contribution in [2.24, 2.45) is 5.73 Å². The number of benzene rings is 2. The Balaban J connectivity index is 1.27. The summed E-state index contributed by atoms with van der Waals surface area (Å²) in [7, 11) is 0. The van der Waals surface area contributed by atoms with Gasteiger partial charge in [-0.05, 0) is 24.5 Å². The van der Waals surface area contributed by atoms with Crippen molar-refractivity contribution >= 4 is 22.7 Å². The second-order valence-corrected chi connectivity index (χ2v) is 8.27. The van der Waals surface area contributed by atoms with Crippen LogP contribution < -0.4 is 5.73 Å². The molecule has 0 spiro atoms. The highest BCUT2D eigenvalue weighted by Crippen LogP contribution is 2.30. The van der Waals surface area contributed by atoms with Gasteiger partial charge in [-0.3, -0.25) is 9.59 Å². The first kappa shape index (κ1) is 20.1. The van der Waals surface area contributed by atoms with Crippen LogP contribution >= 0.6 is 0 Å². The highest BCUT2D eigenvalue weighted by atomic mass is 16.2. The van der Waals surface area contributed by atoms with Crippen molar-refractivity contribution in [3.8, 4) is 11.3 Å². The summed E-state index contributed by atoms with van der Waals surface area (Å²) >= 11 is 0. The third kappa shape index (κ3) is 3.77. The lowest BCUT2D eigenvalue weighted by Gasteiger charge is -2.31. The largest absolute Gasteiger partial charge is 0.364 e. The van der Waals surface area contributed by atoms with E-state index in [0.29, 0.717) is 30.9 Å². The summed E-state index contributed by atoms with van der Waals surface area (Å²) in [6.45, 7) is 1.33. The number of fused-ring (bicyclic) bond motifs is 1. The van der Waals surface area contributed by atoms with Crippen LogP contribution in [0.5, 0.6) is 0 Å². The molecule has 3 heterocycles. The number of aromatic nitrogens is 3. The van der Waals surface area contributed by atoms with Crippen molar-refractivity contribution in [3.05, 3.63) is 77.9 Å². The standard InChI is InChI=1S/C25H25N5O2/c26-24(32)23-22(16-6-2-1-3-7-16)28-25(29-23)17-10-12-30(13-11-17)21(31)14-18-15-27-20-9-5-4-8-19(18)20/h1-9,15,17,27H,10-14H2,(H2,26,32)(H,28,29). The summed E-state index contributed by atoms with van der Waals surface area (Å²) in [5.41, 5.74) is 9.45. The van der Waals surface area contributed by atoms with Gasteiger partial charge in [0.15, 0.2) is 0 Å². The lowest BCUT2D eigenvalue weighted by molar-refractivity contribution is -0.131. The van der Waals surface area contributed by atoms with Crippen molar-refractivity contribution in [1.29, 1.82) is 0 Å². The maximum atomic E-state index is 12.9. The van der Waals surface area contributed by atoms with Crippen LogP contribution in [-0.4, -0.2) is 44.8 Å². The molecule has 4 aromatic rings. The van der Waals surface area contributed by atoms with Crippen molar-refractivity contribution in [2.75, 3.05) is 13.1 Å². The lowest BCUT2D eigenvalue weighted by Crippen LogP contribution is -2.39. The zero-order valence-corrected chi connectivity index (χ0v) is 17.7. The van der Waals surface area contributed by atoms with Gasteiger partial charge in [-0.2, -0.15) is 0 Å². The number of likely N-dealkylation sites (tertiary alicyclic amines) is 1. The molecule has 0 atom stereocenters. The molecule has 0 unspecified atom stereocenters. The molecular weight excluding hydrogens is 402 g/mol. The monoisotopic (exact) mass is 427 g/mol. The number of imidazole rings is 1. The van der Waals surface area contributed by atoms with E-state index in [4.69, 9.17) is 10.7 Å². The number of amides is 2. The zero-order chi connectivity index (χ0) is 22.1. The SMILES string of the molecule is NC(=O)c1[nH]c(C2CCN(C(=O)Cc3c[nH]c4ccccc34)CC2)nc1-c1ccccc1. The summed E-state index contributed by atoms with van der Waals surface area (Å²) in [6, 6.07) is 17.6. The van der Waals surface area contributed by atoms with E-state index in [1.807, 2.05) is 65.7 Å². The molecule has 2 amide bonds. The van der Waals surface area contributed by atoms with Gasteiger partial charge < -0.3 is 20.6 Å². The second kappa shape index (κ2) is 8.34. The summed E-state index contributed by atoms with van der Waals surface area (Å²) < 4.78 is 0. The normalized spacial score (nSPS) is 14.7. The minimum absolute atomic E-state index is 0.135. The summed E-state index contributed by atoms with van der Waals surface area (Å²) in [6.07, 6.45) is 3.90. The highest BCUT2D eigenvalue weighted by molar-refractivity contribution is 5.97. The van der Waals surface area contributed by atoms with E-state index < -0.39 is 5.91 Å². The fraction of sp³-hybridized carbons (Fsp3) is 0.240. The van der Waals surface area contributed by atoms with Crippen molar-refractivity contribution in [3.63, 3.8) is 0 Å². The number of nitrogens with two attached hydrogens (primary N) is 1. The van der Waals surface area contributed by atoms with E-state index >= 15 is 0 Å². The third-order valence-electron chi connectivity index (χ3n) is 6.27. The molecule has 0 radical (unpaired) electrons. The number of nitrogens with zero attached hydrogens (tertiary/aromatic N) is 2. The molecule has 0 saturated carbocycles. The van der Waals surface area contributed by atoms with E-state index in [1.54, 1.807) is 0 Å². The van der Waals surface area contributed by atoms with Crippen LogP contribution in [0, 0.1) is 0 Å². The predicted octanol–water partition coefficient (Wildman–Crippen LogP) is 3.61. The first-order valence-electron chi connectivity index (χ1n) is 10.9. The molecule has 2 aromatic heterocycles. The van der Waals surface area contributed by atoms with E-state index in [2.05, 4.69) is 9.97 Å². The number of hydrogen-bond acceptors (Lipinski definition) is 3. The fourth-order valence-corrected chi connectivity index (χ4v) is 4.52. The van der Waals surface area contributed by atoms with Crippen molar-refractivity contribution < 1.29 is 9.59 Å². The Morgan fingerprint density at radius 1 is 1.03 bits per heavy atom. The molecule has 162 valence electrons. The maximum Gasteiger partial charge on any atom is 0.267 e. The molecule has 1 saturated heterocycles. The minimum Gasteiger partial charge on any atom is -0.364 e. The number of para-hydroxylation sites is 1. The molecular formula is C25H25N5O2. The first-order valence-corrected chi connectivity index (χ1v) is 10.9. The van der Waals surface area contributed by atoms with Gasteiger partial charge in [-0.15, -0.1) is 0 Å². The molecule has 1 aliphatic rings. The quantitative estimate of drug-likeness (QED) is 0.453. The van der Waals surface area contributed by atoms with Crippen LogP contribution in [0.3, 0.4) is 0 Å². The lowest BCUT2D eigenvalue weighted by atomic mass is 9.95. The molecule has 0 aliphatic carbocycles. The Morgan fingerprint density at radius 2 is 1.75 bits per heavy atom. The maximum absolute atomic E-state index is 12.9. The summed E-state index contributed by atoms with van der Waals surface area (Å²) in [5.74, 6) is 0.536. The Morgan fingerprint density at radius 3 is 2.50 bits per heavy atom. The molecule has 2 aromatic carbocycles. The molecule has 5 rings (SSSR count). The van der Waals surface area contributed by atoms with Crippen LogP contribution in [0.4, 0.5) is 0 Å². The van der Waals surface area contributed by atoms with Gasteiger partial charge in [0.25, 0.3) is 5.91 Å². The number of rotatable bonds is 5. The van der Waals surface area contributed by atoms with Gasteiger partial charge >= 0.3 is 0 Å². The zero-order valence-electron chi connectivity index (χ0n) is 17.7. The average molecular weight is 428 g/mol. The van der Waals surface area contributed by atoms with Gasteiger partial charge in [0, 0.05) is 41.7 Å². The smallest absolute Gasteiger partial charge is 0.267 e. The molecule has 1 fully saturated rings. The van der Waals surface area contributed by atoms with Crippen molar-refractivity contribution in [2.45, 2.75) is 25.2 Å². The molecule has 7 heteroatoms. The van der Waals surface area contributed by atoms with Crippen LogP contribution in [0.15, 0.2) is 60.8 Å². The Kier molecular flexibility index (Phi) is 5.23. The number of primary amides is 1. The number of piperidine rings is 1. The van der Waals surface area contributed by atoms with E-state index in [-0.39, 0.29) is 11.8 Å². The molecule has 4 N–H and O–H groups in total. The molecule has 32 heavy (non-hydrogen) atoms. The Bertz CT molecular complexity index is 1270. The van der Waals surface area contributed by atoms with Crippen LogP contribution in [0.1, 0.15) is 40.6 Å². The van der Waals surface area contributed by atoms with Gasteiger partial charge in [0.05, 0.1) is 6.42 Å². The molecule has 0 bridgehead atoms. The topological polar surface area (TPSA) is 108 Å². The number of nitrogens with one attached hydrogen (secondary N) is 2. The molecule has 7 nitrogen and oxygen atoms in total. The predicted molar refractivity (Wildman–Crippen MR) is 123 cm³/mol. The van der Waals surface area contributed by atoms with Gasteiger partial charge in [0.1, 0.15) is 17.2 Å². The minimum atomic E-state index is -0.519. The number of H-pyrrole nitrogens is 2. The first-order chi connectivity index (χ1) is 15.6. The van der Waals surface area contributed by atoms with Crippen LogP contribution in [0.2, 0.25) is 0 Å². The Labute approximate surface area is 185 Å². The van der Waals surface area contributed by atoms with E-state index in [0.717, 1.165) is 40.7 Å². The average Bonchev–Trinajstić information content (AvgIpc) is 3.45. The number of carbonyl (C=O) groups is 2.